The Morgan fingerprint density at radius 1 is 0.938 bits per heavy atom. The molecule has 3 N–H and O–H groups in total. The molecule has 0 aliphatic heterocycles. The van der Waals surface area contributed by atoms with E-state index >= 15 is 0 Å². The fourth-order valence-corrected chi connectivity index (χ4v) is 4.28. The Morgan fingerprint density at radius 3 is 2.09 bits per heavy atom. The van der Waals surface area contributed by atoms with Gasteiger partial charge in [-0.05, 0) is 39.9 Å². The number of rotatable bonds is 7. The van der Waals surface area contributed by atoms with Crippen LogP contribution >= 0.6 is 0 Å². The van der Waals surface area contributed by atoms with Gasteiger partial charge in [-0.1, -0.05) is 54.6 Å². The first-order valence-electron chi connectivity index (χ1n) is 10.1. The Balaban J connectivity index is 1.60. The molecule has 0 heterocycles. The molecular formula is C25H21F2NO4. The number of hydrogen-bond donors (Lipinski definition) is 2. The van der Waals surface area contributed by atoms with Crippen LogP contribution in [0.4, 0.5) is 8.78 Å². The third-order valence-electron chi connectivity index (χ3n) is 5.75. The van der Waals surface area contributed by atoms with Gasteiger partial charge in [0.05, 0.1) is 12.3 Å². The fourth-order valence-electron chi connectivity index (χ4n) is 4.28. The normalized spacial score (nSPS) is 14.3. The van der Waals surface area contributed by atoms with Crippen molar-refractivity contribution in [3.05, 3.63) is 95.1 Å². The summed E-state index contributed by atoms with van der Waals surface area (Å²) in [4.78, 5) is 24.2. The highest BCUT2D eigenvalue weighted by atomic mass is 19.2. The molecule has 2 atom stereocenters. The molecule has 0 fully saturated rings. The van der Waals surface area contributed by atoms with Crippen molar-refractivity contribution in [3.63, 3.8) is 0 Å². The van der Waals surface area contributed by atoms with Gasteiger partial charge in [0.1, 0.15) is 6.61 Å². The number of ether oxygens (including phenoxy) is 1. The molecule has 3 aromatic rings. The number of fused-ring (bicyclic) bond motifs is 3. The first-order chi connectivity index (χ1) is 15.4. The highest BCUT2D eigenvalue weighted by Gasteiger charge is 2.34. The van der Waals surface area contributed by atoms with Gasteiger partial charge in [0.15, 0.2) is 11.6 Å². The lowest BCUT2D eigenvalue weighted by Crippen LogP contribution is -2.37. The minimum absolute atomic E-state index is 0.00677. The Kier molecular flexibility index (Phi) is 6.01. The van der Waals surface area contributed by atoms with Crippen molar-refractivity contribution in [1.82, 2.24) is 0 Å². The van der Waals surface area contributed by atoms with Gasteiger partial charge in [-0.2, -0.15) is 0 Å². The average molecular weight is 437 g/mol. The molecule has 4 rings (SSSR count). The van der Waals surface area contributed by atoms with E-state index in [1.807, 2.05) is 48.5 Å². The molecule has 0 bridgehead atoms. The van der Waals surface area contributed by atoms with Gasteiger partial charge in [-0.3, -0.25) is 9.59 Å². The molecule has 5 nitrogen and oxygen atoms in total. The minimum Gasteiger partial charge on any atom is -0.481 e. The highest BCUT2D eigenvalue weighted by molar-refractivity contribution is 5.82. The largest absolute Gasteiger partial charge is 0.481 e. The van der Waals surface area contributed by atoms with Crippen LogP contribution in [-0.2, 0) is 14.3 Å². The number of aliphatic carboxylic acids is 1. The van der Waals surface area contributed by atoms with Crippen LogP contribution < -0.4 is 5.73 Å². The molecule has 32 heavy (non-hydrogen) atoms. The van der Waals surface area contributed by atoms with Crippen molar-refractivity contribution in [2.75, 3.05) is 6.61 Å². The van der Waals surface area contributed by atoms with Crippen LogP contribution in [0.3, 0.4) is 0 Å². The third kappa shape index (κ3) is 4.11. The molecule has 0 amide bonds. The molecule has 0 aromatic heterocycles. The van der Waals surface area contributed by atoms with E-state index in [1.54, 1.807) is 0 Å². The van der Waals surface area contributed by atoms with E-state index in [1.165, 1.54) is 6.07 Å². The van der Waals surface area contributed by atoms with Gasteiger partial charge in [0.2, 0.25) is 0 Å². The molecule has 0 unspecified atom stereocenters. The molecule has 0 spiro atoms. The lowest BCUT2D eigenvalue weighted by Gasteiger charge is -2.23. The van der Waals surface area contributed by atoms with E-state index in [-0.39, 0.29) is 18.1 Å². The van der Waals surface area contributed by atoms with Crippen molar-refractivity contribution >= 4 is 11.9 Å². The second-order valence-corrected chi connectivity index (χ2v) is 7.77. The number of carboxylic acid groups (broad SMARTS) is 1. The molecule has 0 radical (unpaired) electrons. The van der Waals surface area contributed by atoms with E-state index < -0.39 is 42.0 Å². The number of halogens is 2. The quantitative estimate of drug-likeness (QED) is 0.541. The van der Waals surface area contributed by atoms with Gasteiger partial charge in [0.25, 0.3) is 0 Å². The maximum atomic E-state index is 13.8. The van der Waals surface area contributed by atoms with Crippen molar-refractivity contribution in [1.29, 1.82) is 0 Å². The number of hydrogen-bond acceptors (Lipinski definition) is 4. The Bertz CT molecular complexity index is 1130. The second kappa shape index (κ2) is 8.88. The summed E-state index contributed by atoms with van der Waals surface area (Å²) in [5.74, 6) is -5.68. The van der Waals surface area contributed by atoms with Crippen LogP contribution in [0.5, 0.6) is 0 Å². The van der Waals surface area contributed by atoms with Crippen molar-refractivity contribution in [3.8, 4) is 11.1 Å². The molecule has 164 valence electrons. The van der Waals surface area contributed by atoms with Gasteiger partial charge >= 0.3 is 11.9 Å². The van der Waals surface area contributed by atoms with Crippen LogP contribution in [0.25, 0.3) is 11.1 Å². The van der Waals surface area contributed by atoms with Crippen LogP contribution in [-0.4, -0.2) is 29.7 Å². The summed E-state index contributed by atoms with van der Waals surface area (Å²) >= 11 is 0. The topological polar surface area (TPSA) is 89.6 Å². The maximum Gasteiger partial charge on any atom is 0.315 e. The number of esters is 1. The van der Waals surface area contributed by atoms with Crippen LogP contribution in [0, 0.1) is 11.6 Å². The summed E-state index contributed by atoms with van der Waals surface area (Å²) < 4.78 is 32.8. The lowest BCUT2D eigenvalue weighted by atomic mass is 9.89. The lowest BCUT2D eigenvalue weighted by molar-refractivity contribution is -0.146. The summed E-state index contributed by atoms with van der Waals surface area (Å²) in [6, 6.07) is 17.4. The Hall–Kier alpha value is -3.58. The van der Waals surface area contributed by atoms with Gasteiger partial charge in [-0.15, -0.1) is 0 Å². The standard InChI is InChI=1S/C25H21F2NO4/c26-20-10-9-14(11-21(20)27)24(22(28)12-23(29)30)25(31)32-13-19-17-7-3-1-5-15(17)16-6-2-4-8-18(16)19/h1-11,19,22,24H,12-13,28H2,(H,29,30)/t22-,24+/m1/s1. The van der Waals surface area contributed by atoms with Gasteiger partial charge in [0, 0.05) is 12.0 Å². The number of carboxylic acids is 1. The molecular weight excluding hydrogens is 416 g/mol. The minimum atomic E-state index is -1.26. The number of benzene rings is 3. The van der Waals surface area contributed by atoms with Gasteiger partial charge in [-0.25, -0.2) is 8.78 Å². The van der Waals surface area contributed by atoms with Crippen molar-refractivity contribution in [2.24, 2.45) is 5.73 Å². The molecule has 7 heteroatoms. The summed E-state index contributed by atoms with van der Waals surface area (Å²) in [5, 5.41) is 9.11. The van der Waals surface area contributed by atoms with Crippen molar-refractivity contribution < 1.29 is 28.2 Å². The molecule has 3 aromatic carbocycles. The fraction of sp³-hybridized carbons (Fsp3) is 0.200. The summed E-state index contributed by atoms with van der Waals surface area (Å²) in [6.45, 7) is 0.00677. The zero-order valence-electron chi connectivity index (χ0n) is 17.0. The van der Waals surface area contributed by atoms with E-state index in [2.05, 4.69) is 0 Å². The van der Waals surface area contributed by atoms with E-state index in [0.717, 1.165) is 34.4 Å². The predicted molar refractivity (Wildman–Crippen MR) is 114 cm³/mol. The summed E-state index contributed by atoms with van der Waals surface area (Å²) in [7, 11) is 0. The number of nitrogens with two attached hydrogens (primary N) is 1. The third-order valence-corrected chi connectivity index (χ3v) is 5.75. The number of carbonyl (C=O) groups is 2. The number of carbonyl (C=O) groups excluding carboxylic acids is 1. The van der Waals surface area contributed by atoms with Crippen LogP contribution in [0.1, 0.15) is 34.9 Å². The average Bonchev–Trinajstić information content (AvgIpc) is 3.08. The first kappa shape index (κ1) is 21.6. The maximum absolute atomic E-state index is 13.8. The highest BCUT2D eigenvalue weighted by Crippen LogP contribution is 2.44. The first-order valence-corrected chi connectivity index (χ1v) is 10.1. The second-order valence-electron chi connectivity index (χ2n) is 7.77. The van der Waals surface area contributed by atoms with Gasteiger partial charge < -0.3 is 15.6 Å². The van der Waals surface area contributed by atoms with Crippen molar-refractivity contribution in [2.45, 2.75) is 24.3 Å². The zero-order chi connectivity index (χ0) is 22.8. The zero-order valence-corrected chi connectivity index (χ0v) is 17.0. The van der Waals surface area contributed by atoms with Crippen LogP contribution in [0.15, 0.2) is 66.7 Å². The van der Waals surface area contributed by atoms with Crippen LogP contribution in [0.2, 0.25) is 0 Å². The van der Waals surface area contributed by atoms with E-state index in [0.29, 0.717) is 0 Å². The molecule has 0 saturated heterocycles. The Morgan fingerprint density at radius 2 is 1.53 bits per heavy atom. The SMILES string of the molecule is N[C@H](CC(=O)O)[C@@H](C(=O)OCC1c2ccccc2-c2ccccc21)c1ccc(F)c(F)c1. The van der Waals surface area contributed by atoms with E-state index in [9.17, 15) is 18.4 Å². The molecule has 1 aliphatic carbocycles. The molecule has 0 saturated carbocycles. The summed E-state index contributed by atoms with van der Waals surface area (Å²) in [6.07, 6.45) is -0.534. The monoisotopic (exact) mass is 437 g/mol. The predicted octanol–water partition coefficient (Wildman–Crippen LogP) is 4.21. The molecule has 1 aliphatic rings. The van der Waals surface area contributed by atoms with E-state index in [4.69, 9.17) is 15.6 Å². The Labute approximate surface area is 183 Å². The summed E-state index contributed by atoms with van der Waals surface area (Å²) in [5.41, 5.74) is 10.2. The smallest absolute Gasteiger partial charge is 0.315 e.